The average Bonchev–Trinajstić information content (AvgIpc) is 2.12. The molecule has 1 aromatic rings. The summed E-state index contributed by atoms with van der Waals surface area (Å²) in [5.74, 6) is 0. The lowest BCUT2D eigenvalue weighted by atomic mass is 9.63. The molecule has 0 atom stereocenters. The highest BCUT2D eigenvalue weighted by Crippen LogP contribution is 2.45. The molecule has 1 aliphatic rings. The molecule has 2 rings (SSSR count). The first-order chi connectivity index (χ1) is 6.66. The molecule has 0 aliphatic heterocycles. The van der Waals surface area contributed by atoms with E-state index in [0.717, 1.165) is 10.0 Å². The fourth-order valence-corrected chi connectivity index (χ4v) is 2.53. The third kappa shape index (κ3) is 1.59. The van der Waals surface area contributed by atoms with Crippen LogP contribution in [-0.4, -0.2) is 12.7 Å². The van der Waals surface area contributed by atoms with Crippen LogP contribution in [0, 0.1) is 0 Å². The highest BCUT2D eigenvalue weighted by atomic mass is 79.9. The van der Waals surface area contributed by atoms with Gasteiger partial charge in [0.15, 0.2) is 0 Å². The quantitative estimate of drug-likeness (QED) is 0.867. The fourth-order valence-electron chi connectivity index (χ4n) is 2.13. The molecule has 0 aromatic heterocycles. The van der Waals surface area contributed by atoms with Crippen LogP contribution >= 0.6 is 15.9 Å². The number of benzene rings is 1. The summed E-state index contributed by atoms with van der Waals surface area (Å²) < 4.78 is 14.0. The van der Waals surface area contributed by atoms with Crippen molar-refractivity contribution in [2.45, 2.75) is 24.4 Å². The summed E-state index contributed by atoms with van der Waals surface area (Å²) in [5, 5.41) is 0. The minimum atomic E-state index is -0.669. The summed E-state index contributed by atoms with van der Waals surface area (Å²) in [6, 6.07) is 8.02. The minimum absolute atomic E-state index is 0.108. The van der Waals surface area contributed by atoms with Gasteiger partial charge in [-0.2, -0.15) is 0 Å². The van der Waals surface area contributed by atoms with Crippen molar-refractivity contribution in [3.63, 3.8) is 0 Å². The number of hydrogen-bond acceptors (Lipinski definition) is 1. The van der Waals surface area contributed by atoms with Gasteiger partial charge in [0.25, 0.3) is 0 Å². The van der Waals surface area contributed by atoms with Crippen molar-refractivity contribution in [3.8, 4) is 0 Å². The monoisotopic (exact) mass is 257 g/mol. The van der Waals surface area contributed by atoms with Crippen molar-refractivity contribution in [1.82, 2.24) is 0 Å². The Balaban J connectivity index is 2.29. The van der Waals surface area contributed by atoms with E-state index in [9.17, 15) is 4.39 Å². The molecule has 0 amide bonds. The lowest BCUT2D eigenvalue weighted by Crippen LogP contribution is -2.48. The first kappa shape index (κ1) is 10.1. The molecule has 1 fully saturated rings. The predicted molar refractivity (Wildman–Crippen MR) is 59.0 cm³/mol. The third-order valence-corrected chi connectivity index (χ3v) is 3.55. The summed E-state index contributed by atoms with van der Waals surface area (Å²) in [5.41, 5.74) is 6.78. The largest absolute Gasteiger partial charge is 0.330 e. The summed E-state index contributed by atoms with van der Waals surface area (Å²) >= 11 is 3.42. The zero-order chi connectivity index (χ0) is 10.2. The van der Waals surface area contributed by atoms with Crippen LogP contribution in [0.15, 0.2) is 28.7 Å². The first-order valence-corrected chi connectivity index (χ1v) is 5.56. The molecule has 1 saturated carbocycles. The molecule has 0 spiro atoms. The smallest absolute Gasteiger partial charge is 0.102 e. The van der Waals surface area contributed by atoms with E-state index >= 15 is 0 Å². The maximum atomic E-state index is 12.9. The number of alkyl halides is 1. The van der Waals surface area contributed by atoms with Gasteiger partial charge in [-0.1, -0.05) is 28.1 Å². The van der Waals surface area contributed by atoms with Crippen molar-refractivity contribution in [2.24, 2.45) is 5.73 Å². The summed E-state index contributed by atoms with van der Waals surface area (Å²) in [6.45, 7) is 0.532. The summed E-state index contributed by atoms with van der Waals surface area (Å²) in [7, 11) is 0. The molecule has 0 saturated heterocycles. The number of nitrogens with two attached hydrogens (primary N) is 1. The molecule has 3 heteroatoms. The molecule has 0 radical (unpaired) electrons. The van der Waals surface area contributed by atoms with Gasteiger partial charge in [0.1, 0.15) is 6.17 Å². The van der Waals surface area contributed by atoms with Crippen LogP contribution in [0.5, 0.6) is 0 Å². The van der Waals surface area contributed by atoms with Gasteiger partial charge >= 0.3 is 0 Å². The summed E-state index contributed by atoms with van der Waals surface area (Å²) in [4.78, 5) is 0. The Labute approximate surface area is 91.6 Å². The van der Waals surface area contributed by atoms with E-state index in [1.807, 2.05) is 24.3 Å². The van der Waals surface area contributed by atoms with Gasteiger partial charge in [0.2, 0.25) is 0 Å². The van der Waals surface area contributed by atoms with E-state index in [1.165, 1.54) is 0 Å². The fraction of sp³-hybridized carbons (Fsp3) is 0.455. The second-order valence-electron chi connectivity index (χ2n) is 4.00. The van der Waals surface area contributed by atoms with Crippen molar-refractivity contribution in [1.29, 1.82) is 0 Å². The van der Waals surface area contributed by atoms with Gasteiger partial charge < -0.3 is 5.73 Å². The summed E-state index contributed by atoms with van der Waals surface area (Å²) in [6.07, 6.45) is 0.470. The third-order valence-electron chi connectivity index (χ3n) is 3.05. The van der Waals surface area contributed by atoms with Gasteiger partial charge in [0, 0.05) is 16.4 Å². The molecular formula is C11H13BrFN. The molecule has 0 bridgehead atoms. The molecule has 2 N–H and O–H groups in total. The van der Waals surface area contributed by atoms with Gasteiger partial charge in [-0.3, -0.25) is 0 Å². The van der Waals surface area contributed by atoms with Crippen LogP contribution in [0.4, 0.5) is 4.39 Å². The topological polar surface area (TPSA) is 26.0 Å². The van der Waals surface area contributed by atoms with Crippen LogP contribution < -0.4 is 5.73 Å². The van der Waals surface area contributed by atoms with Gasteiger partial charge in [0.05, 0.1) is 0 Å². The van der Waals surface area contributed by atoms with Crippen molar-refractivity contribution < 1.29 is 4.39 Å². The van der Waals surface area contributed by atoms with Crippen LogP contribution in [0.1, 0.15) is 18.4 Å². The number of rotatable bonds is 2. The number of hydrogen-bond donors (Lipinski definition) is 1. The van der Waals surface area contributed by atoms with Crippen LogP contribution in [0.2, 0.25) is 0 Å². The molecule has 1 nitrogen and oxygen atoms in total. The van der Waals surface area contributed by atoms with Gasteiger partial charge in [-0.15, -0.1) is 0 Å². The van der Waals surface area contributed by atoms with E-state index in [0.29, 0.717) is 19.4 Å². The Kier molecular flexibility index (Phi) is 2.62. The molecule has 0 heterocycles. The molecule has 14 heavy (non-hydrogen) atoms. The molecule has 0 unspecified atom stereocenters. The normalized spacial score (nSPS) is 31.2. The van der Waals surface area contributed by atoms with Crippen molar-refractivity contribution in [3.05, 3.63) is 34.3 Å². The van der Waals surface area contributed by atoms with Crippen molar-refractivity contribution >= 4 is 15.9 Å². The highest BCUT2D eigenvalue weighted by Gasteiger charge is 2.44. The van der Waals surface area contributed by atoms with E-state index in [-0.39, 0.29) is 5.41 Å². The average molecular weight is 258 g/mol. The van der Waals surface area contributed by atoms with Crippen LogP contribution in [-0.2, 0) is 5.41 Å². The van der Waals surface area contributed by atoms with Gasteiger partial charge in [-0.25, -0.2) is 4.39 Å². The lowest BCUT2D eigenvalue weighted by Gasteiger charge is -2.44. The Morgan fingerprint density at radius 1 is 1.50 bits per heavy atom. The van der Waals surface area contributed by atoms with Crippen LogP contribution in [0.25, 0.3) is 0 Å². The Morgan fingerprint density at radius 2 is 2.21 bits per heavy atom. The Morgan fingerprint density at radius 3 is 2.71 bits per heavy atom. The molecule has 76 valence electrons. The first-order valence-electron chi connectivity index (χ1n) is 4.76. The maximum Gasteiger partial charge on any atom is 0.102 e. The zero-order valence-corrected chi connectivity index (χ0v) is 9.43. The van der Waals surface area contributed by atoms with E-state index < -0.39 is 6.17 Å². The van der Waals surface area contributed by atoms with E-state index in [1.54, 1.807) is 0 Å². The molecular weight excluding hydrogens is 245 g/mol. The van der Waals surface area contributed by atoms with Crippen LogP contribution in [0.3, 0.4) is 0 Å². The maximum absolute atomic E-state index is 12.9. The highest BCUT2D eigenvalue weighted by molar-refractivity contribution is 9.10. The Hall–Kier alpha value is -0.410. The predicted octanol–water partition coefficient (Wildman–Crippen LogP) is 2.78. The molecule has 1 aromatic carbocycles. The minimum Gasteiger partial charge on any atom is -0.330 e. The second-order valence-corrected chi connectivity index (χ2v) is 4.92. The number of halogens is 2. The zero-order valence-electron chi connectivity index (χ0n) is 7.84. The van der Waals surface area contributed by atoms with Gasteiger partial charge in [-0.05, 0) is 30.5 Å². The van der Waals surface area contributed by atoms with E-state index in [4.69, 9.17) is 5.73 Å². The lowest BCUT2D eigenvalue weighted by molar-refractivity contribution is 0.0997. The standard InChI is InChI=1S/C11H13BrFN/c12-9-3-1-2-8(4-9)11(7-14)5-10(13)6-11/h1-4,10H,5-7,14H2. The second kappa shape index (κ2) is 3.63. The van der Waals surface area contributed by atoms with E-state index in [2.05, 4.69) is 15.9 Å². The SMILES string of the molecule is NCC1(c2cccc(Br)c2)CC(F)C1. The van der Waals surface area contributed by atoms with Crippen molar-refractivity contribution in [2.75, 3.05) is 6.54 Å². The Bertz CT molecular complexity index is 334. The molecule has 1 aliphatic carbocycles.